The summed E-state index contributed by atoms with van der Waals surface area (Å²) in [6.07, 6.45) is 0.0531. The summed E-state index contributed by atoms with van der Waals surface area (Å²) in [5.41, 5.74) is 1.97. The Morgan fingerprint density at radius 1 is 1.05 bits per heavy atom. The average molecular weight is 526 g/mol. The van der Waals surface area contributed by atoms with Crippen molar-refractivity contribution in [2.45, 2.75) is 38.1 Å². The summed E-state index contributed by atoms with van der Waals surface area (Å²) in [7, 11) is 0. The lowest BCUT2D eigenvalue weighted by Gasteiger charge is -2.37. The third-order valence-corrected chi connectivity index (χ3v) is 6.93. The number of halogens is 3. The van der Waals surface area contributed by atoms with E-state index in [9.17, 15) is 18.0 Å². The van der Waals surface area contributed by atoms with Crippen molar-refractivity contribution in [1.82, 2.24) is 9.88 Å². The monoisotopic (exact) mass is 525 g/mol. The minimum Gasteiger partial charge on any atom is -0.441 e. The highest BCUT2D eigenvalue weighted by molar-refractivity contribution is 5.90. The molecule has 3 heterocycles. The zero-order chi connectivity index (χ0) is 27.3. The minimum absolute atomic E-state index is 0.191. The van der Waals surface area contributed by atoms with E-state index in [1.165, 1.54) is 13.0 Å². The van der Waals surface area contributed by atoms with E-state index in [1.54, 1.807) is 29.4 Å². The summed E-state index contributed by atoms with van der Waals surface area (Å²) in [6.45, 7) is 3.59. The van der Waals surface area contributed by atoms with E-state index in [4.69, 9.17) is 14.3 Å². The van der Waals surface area contributed by atoms with Crippen LogP contribution in [0.25, 0.3) is 11.1 Å². The van der Waals surface area contributed by atoms with Crippen molar-refractivity contribution >= 4 is 17.9 Å². The molecule has 2 aliphatic heterocycles. The second-order valence-electron chi connectivity index (χ2n) is 9.40. The third-order valence-electron chi connectivity index (χ3n) is 6.93. The van der Waals surface area contributed by atoms with Crippen LogP contribution in [-0.2, 0) is 27.0 Å². The van der Waals surface area contributed by atoms with Crippen molar-refractivity contribution in [3.05, 3.63) is 83.7 Å². The minimum atomic E-state index is -4.42. The Morgan fingerprint density at radius 3 is 2.34 bits per heavy atom. The number of aryl methyl sites for hydroxylation is 1. The van der Waals surface area contributed by atoms with E-state index in [0.29, 0.717) is 44.6 Å². The Bertz CT molecular complexity index is 1300. The summed E-state index contributed by atoms with van der Waals surface area (Å²) < 4.78 is 46.9. The smallest absolute Gasteiger partial charge is 0.416 e. The fraction of sp³-hybridized carbons (Fsp3) is 0.321. The number of anilines is 1. The topological polar surface area (TPSA) is 79.8 Å². The lowest BCUT2D eigenvalue weighted by Crippen LogP contribution is -2.46. The molecule has 0 radical (unpaired) electrons. The van der Waals surface area contributed by atoms with Gasteiger partial charge in [0.1, 0.15) is 5.60 Å². The Labute approximate surface area is 217 Å². The van der Waals surface area contributed by atoms with Gasteiger partial charge in [-0.05, 0) is 47.9 Å². The molecule has 2 fully saturated rings. The number of ether oxygens (including phenoxy) is 1. The molecule has 3 aromatic rings. The first-order chi connectivity index (χ1) is 18.2. The van der Waals surface area contributed by atoms with Crippen LogP contribution in [0.2, 0.25) is 0 Å². The van der Waals surface area contributed by atoms with Crippen molar-refractivity contribution in [2.24, 2.45) is 0 Å². The van der Waals surface area contributed by atoms with Crippen LogP contribution < -0.4 is 4.90 Å². The highest BCUT2D eigenvalue weighted by Crippen LogP contribution is 2.39. The molecule has 5 rings (SSSR count). The van der Waals surface area contributed by atoms with E-state index in [1.807, 2.05) is 36.4 Å². The number of amides is 1. The number of carbonyl (C=O) groups is 1. The fourth-order valence-electron chi connectivity index (χ4n) is 5.03. The normalized spacial score (nSPS) is 16.9. The van der Waals surface area contributed by atoms with Gasteiger partial charge in [0.05, 0.1) is 12.1 Å². The number of hydrogen-bond donors (Lipinski definition) is 0. The number of pyridine rings is 1. The standard InChI is InChI=1S/C27H26F3N3O2.CO2/c1-19-14-23(20-6-5-11-31-16-20)21(15-24(19)27(28,29)30)17-32-12-9-26(10-13-32)18-33(25(34)35-26)22-7-3-2-4-8-22;2-1-3/h2-8,11,14-16H,9-10,12-13,17-18H2,1H3;. The van der Waals surface area contributed by atoms with Crippen molar-refractivity contribution in [3.8, 4) is 11.1 Å². The Hall–Kier alpha value is -4.01. The molecular weight excluding hydrogens is 499 g/mol. The summed E-state index contributed by atoms with van der Waals surface area (Å²) in [6, 6.07) is 15.9. The van der Waals surface area contributed by atoms with Crippen molar-refractivity contribution < 1.29 is 32.3 Å². The van der Waals surface area contributed by atoms with Crippen LogP contribution in [0, 0.1) is 6.92 Å². The van der Waals surface area contributed by atoms with Gasteiger partial charge >= 0.3 is 18.4 Å². The van der Waals surface area contributed by atoms with Crippen LogP contribution in [0.4, 0.5) is 23.7 Å². The molecule has 2 aromatic carbocycles. The molecule has 198 valence electrons. The molecular formula is C28H26F3N3O4. The Kier molecular flexibility index (Phi) is 7.94. The zero-order valence-electron chi connectivity index (χ0n) is 20.7. The van der Waals surface area contributed by atoms with Gasteiger partial charge in [-0.25, -0.2) is 4.79 Å². The van der Waals surface area contributed by atoms with Gasteiger partial charge in [-0.2, -0.15) is 22.8 Å². The first-order valence-electron chi connectivity index (χ1n) is 12.0. The molecule has 38 heavy (non-hydrogen) atoms. The largest absolute Gasteiger partial charge is 0.441 e. The van der Waals surface area contributed by atoms with Gasteiger partial charge in [-0.15, -0.1) is 0 Å². The number of nitrogens with zero attached hydrogens (tertiary/aromatic N) is 3. The number of hydrogen-bond acceptors (Lipinski definition) is 6. The molecule has 1 spiro atoms. The van der Waals surface area contributed by atoms with E-state index in [-0.39, 0.29) is 17.8 Å². The first-order valence-corrected chi connectivity index (χ1v) is 12.0. The number of para-hydroxylation sites is 1. The van der Waals surface area contributed by atoms with Gasteiger partial charge in [0.25, 0.3) is 0 Å². The summed E-state index contributed by atoms with van der Waals surface area (Å²) in [5.74, 6) is 0. The lowest BCUT2D eigenvalue weighted by atomic mass is 9.90. The van der Waals surface area contributed by atoms with Crippen molar-refractivity contribution in [3.63, 3.8) is 0 Å². The molecule has 2 saturated heterocycles. The maximum atomic E-state index is 13.7. The molecule has 10 heteroatoms. The highest BCUT2D eigenvalue weighted by Gasteiger charge is 2.47. The molecule has 0 saturated carbocycles. The molecule has 2 aliphatic rings. The molecule has 0 atom stereocenters. The SMILES string of the molecule is Cc1cc(-c2cccnc2)c(CN2CCC3(CC2)CN(c2ccccc2)C(=O)O3)cc1C(F)(F)F.O=C=O. The number of carbonyl (C=O) groups excluding carboxylic acids is 3. The van der Waals surface area contributed by atoms with Gasteiger partial charge in [-0.3, -0.25) is 14.8 Å². The zero-order valence-corrected chi connectivity index (χ0v) is 20.7. The van der Waals surface area contributed by atoms with E-state index in [0.717, 1.165) is 16.8 Å². The number of likely N-dealkylation sites (tertiary alicyclic amines) is 1. The Morgan fingerprint density at radius 2 is 1.74 bits per heavy atom. The summed E-state index contributed by atoms with van der Waals surface area (Å²) in [5, 5.41) is 0. The van der Waals surface area contributed by atoms with Gasteiger partial charge in [0.15, 0.2) is 0 Å². The molecule has 1 amide bonds. The average Bonchev–Trinajstić information content (AvgIpc) is 3.22. The first kappa shape index (κ1) is 27.0. The molecule has 0 aliphatic carbocycles. The third kappa shape index (κ3) is 5.93. The number of alkyl halides is 3. The molecule has 0 bridgehead atoms. The lowest BCUT2D eigenvalue weighted by molar-refractivity contribution is -0.191. The summed E-state index contributed by atoms with van der Waals surface area (Å²) in [4.78, 5) is 36.8. The number of rotatable bonds is 4. The van der Waals surface area contributed by atoms with Crippen LogP contribution in [-0.4, -0.2) is 47.4 Å². The molecule has 0 N–H and O–H groups in total. The van der Waals surface area contributed by atoms with Crippen molar-refractivity contribution in [1.29, 1.82) is 0 Å². The van der Waals surface area contributed by atoms with Crippen LogP contribution in [0.15, 0.2) is 67.0 Å². The molecule has 0 unspecified atom stereocenters. The van der Waals surface area contributed by atoms with Crippen LogP contribution in [0.5, 0.6) is 0 Å². The predicted octanol–water partition coefficient (Wildman–Crippen LogP) is 5.48. The van der Waals surface area contributed by atoms with E-state index < -0.39 is 17.3 Å². The fourth-order valence-corrected chi connectivity index (χ4v) is 5.03. The van der Waals surface area contributed by atoms with Gasteiger partial charge in [0, 0.05) is 56.1 Å². The number of piperidine rings is 1. The van der Waals surface area contributed by atoms with Crippen LogP contribution >= 0.6 is 0 Å². The second-order valence-corrected chi connectivity index (χ2v) is 9.40. The van der Waals surface area contributed by atoms with Gasteiger partial charge in [-0.1, -0.05) is 30.3 Å². The highest BCUT2D eigenvalue weighted by atomic mass is 19.4. The van der Waals surface area contributed by atoms with Crippen molar-refractivity contribution in [2.75, 3.05) is 24.5 Å². The predicted molar refractivity (Wildman–Crippen MR) is 132 cm³/mol. The van der Waals surface area contributed by atoms with Crippen LogP contribution in [0.1, 0.15) is 29.5 Å². The molecule has 7 nitrogen and oxygen atoms in total. The molecule has 1 aromatic heterocycles. The quantitative estimate of drug-likeness (QED) is 0.449. The second kappa shape index (κ2) is 11.2. The number of benzene rings is 2. The van der Waals surface area contributed by atoms with E-state index in [2.05, 4.69) is 9.88 Å². The van der Waals surface area contributed by atoms with Crippen LogP contribution in [0.3, 0.4) is 0 Å². The summed E-state index contributed by atoms with van der Waals surface area (Å²) >= 11 is 0. The maximum absolute atomic E-state index is 13.7. The Balaban J connectivity index is 0.00000107. The maximum Gasteiger partial charge on any atom is 0.416 e. The number of aromatic nitrogens is 1. The van der Waals surface area contributed by atoms with Gasteiger partial charge < -0.3 is 4.74 Å². The van der Waals surface area contributed by atoms with E-state index >= 15 is 0 Å². The van der Waals surface area contributed by atoms with Gasteiger partial charge in [0.2, 0.25) is 0 Å².